The number of anilines is 1. The van der Waals surface area contributed by atoms with Gasteiger partial charge in [0.1, 0.15) is 11.5 Å². The summed E-state index contributed by atoms with van der Waals surface area (Å²) in [6, 6.07) is 18.6. The van der Waals surface area contributed by atoms with E-state index in [1.54, 1.807) is 66.9 Å². The van der Waals surface area contributed by atoms with E-state index in [1.807, 2.05) is 12.1 Å². The van der Waals surface area contributed by atoms with Crippen LogP contribution in [0.5, 0.6) is 0 Å². The zero-order chi connectivity index (χ0) is 23.4. The van der Waals surface area contributed by atoms with Crippen LogP contribution in [0.1, 0.15) is 28.4 Å². The van der Waals surface area contributed by atoms with E-state index in [4.69, 9.17) is 4.74 Å². The second-order valence-corrected chi connectivity index (χ2v) is 8.15. The first kappa shape index (κ1) is 22.2. The number of rotatable bonds is 7. The van der Waals surface area contributed by atoms with E-state index in [1.165, 1.54) is 0 Å². The Balaban J connectivity index is 1.60. The second kappa shape index (κ2) is 9.25. The average molecular weight is 464 g/mol. The number of amides is 4. The zero-order valence-electron chi connectivity index (χ0n) is 17.7. The van der Waals surface area contributed by atoms with Gasteiger partial charge < -0.3 is 15.4 Å². The molecule has 1 saturated heterocycles. The van der Waals surface area contributed by atoms with Crippen LogP contribution < -0.4 is 10.6 Å². The van der Waals surface area contributed by atoms with Gasteiger partial charge in [0.05, 0.1) is 12.2 Å². The van der Waals surface area contributed by atoms with Gasteiger partial charge in [0.2, 0.25) is 5.91 Å². The van der Waals surface area contributed by atoms with Gasteiger partial charge in [-0.05, 0) is 29.5 Å². The fraction of sp³-hybridized carbons (Fsp3) is 0.167. The first-order valence-electron chi connectivity index (χ1n) is 10.3. The van der Waals surface area contributed by atoms with E-state index >= 15 is 0 Å². The Morgan fingerprint density at radius 3 is 2.18 bits per heavy atom. The summed E-state index contributed by atoms with van der Waals surface area (Å²) in [4.78, 5) is 52.2. The van der Waals surface area contributed by atoms with Crippen LogP contribution in [0, 0.1) is 0 Å². The molecule has 0 aliphatic carbocycles. The molecule has 0 unspecified atom stereocenters. The van der Waals surface area contributed by atoms with Gasteiger partial charge in [-0.25, -0.2) is 9.59 Å². The summed E-state index contributed by atoms with van der Waals surface area (Å²) in [6.07, 6.45) is 0. The summed E-state index contributed by atoms with van der Waals surface area (Å²) in [5, 5.41) is 7.34. The molecule has 33 heavy (non-hydrogen) atoms. The van der Waals surface area contributed by atoms with Crippen LogP contribution >= 0.6 is 11.3 Å². The maximum absolute atomic E-state index is 13.6. The van der Waals surface area contributed by atoms with Crippen LogP contribution in [-0.2, 0) is 19.9 Å². The highest BCUT2D eigenvalue weighted by Gasteiger charge is 2.54. The molecular weight excluding hydrogens is 442 g/mol. The van der Waals surface area contributed by atoms with Crippen LogP contribution in [0.4, 0.5) is 9.80 Å². The summed E-state index contributed by atoms with van der Waals surface area (Å²) in [7, 11) is 0. The smallest absolute Gasteiger partial charge is 0.341 e. The lowest BCUT2D eigenvalue weighted by Gasteiger charge is -2.27. The van der Waals surface area contributed by atoms with Crippen molar-refractivity contribution in [3.05, 3.63) is 88.8 Å². The molecule has 168 valence electrons. The van der Waals surface area contributed by atoms with Crippen molar-refractivity contribution in [2.75, 3.05) is 18.5 Å². The topological polar surface area (TPSA) is 105 Å². The van der Waals surface area contributed by atoms with Crippen molar-refractivity contribution in [2.24, 2.45) is 0 Å². The summed E-state index contributed by atoms with van der Waals surface area (Å²) in [5.74, 6) is -1.73. The Morgan fingerprint density at radius 1 is 1.00 bits per heavy atom. The number of nitrogens with zero attached hydrogens (tertiary/aromatic N) is 1. The maximum atomic E-state index is 13.6. The third kappa shape index (κ3) is 4.10. The van der Waals surface area contributed by atoms with Gasteiger partial charge in [-0.3, -0.25) is 14.5 Å². The lowest BCUT2D eigenvalue weighted by Crippen LogP contribution is -2.45. The monoisotopic (exact) mass is 463 g/mol. The van der Waals surface area contributed by atoms with Crippen molar-refractivity contribution >= 4 is 40.2 Å². The lowest BCUT2D eigenvalue weighted by atomic mass is 9.82. The Kier molecular flexibility index (Phi) is 6.23. The number of thiophene rings is 1. The molecule has 0 saturated carbocycles. The van der Waals surface area contributed by atoms with Gasteiger partial charge in [-0.2, -0.15) is 0 Å². The number of imide groups is 1. The average Bonchev–Trinajstić information content (AvgIpc) is 3.39. The highest BCUT2D eigenvalue weighted by atomic mass is 32.1. The van der Waals surface area contributed by atoms with Crippen LogP contribution in [0.3, 0.4) is 0 Å². The molecule has 0 radical (unpaired) electrons. The van der Waals surface area contributed by atoms with Gasteiger partial charge in [-0.1, -0.05) is 60.7 Å². The quantitative estimate of drug-likeness (QED) is 0.413. The molecule has 0 atom stereocenters. The predicted octanol–water partition coefficient (Wildman–Crippen LogP) is 3.36. The highest BCUT2D eigenvalue weighted by Crippen LogP contribution is 2.36. The van der Waals surface area contributed by atoms with E-state index in [0.29, 0.717) is 16.1 Å². The third-order valence-corrected chi connectivity index (χ3v) is 6.06. The maximum Gasteiger partial charge on any atom is 0.341 e. The Morgan fingerprint density at radius 2 is 1.61 bits per heavy atom. The molecule has 2 heterocycles. The Bertz CT molecular complexity index is 1150. The minimum atomic E-state index is -1.45. The number of nitrogens with one attached hydrogen (secondary N) is 2. The first-order chi connectivity index (χ1) is 16.0. The van der Waals surface area contributed by atoms with Crippen molar-refractivity contribution in [1.29, 1.82) is 0 Å². The molecule has 0 spiro atoms. The largest absolute Gasteiger partial charge is 0.462 e. The molecule has 3 aromatic rings. The van der Waals surface area contributed by atoms with Crippen molar-refractivity contribution in [3.8, 4) is 0 Å². The Hall–Kier alpha value is -3.98. The van der Waals surface area contributed by atoms with Gasteiger partial charge in [0.15, 0.2) is 5.54 Å². The number of carbonyl (C=O) groups excluding carboxylic acids is 4. The van der Waals surface area contributed by atoms with Crippen LogP contribution in [-0.4, -0.2) is 41.9 Å². The van der Waals surface area contributed by atoms with Gasteiger partial charge in [-0.15, -0.1) is 11.3 Å². The standard InChI is InChI=1S/C24H21N3O5S/c1-2-32-21(29)18-13-14-33-20(18)25-19(28)15-27-22(30)24(26-23(27)31,16-9-5-3-6-10-16)17-11-7-4-8-12-17/h3-14H,2,15H2,1H3,(H,25,28)(H,26,31). The molecule has 4 rings (SSSR count). The normalized spacial score (nSPS) is 14.6. The van der Waals surface area contributed by atoms with Gasteiger partial charge in [0.25, 0.3) is 5.91 Å². The van der Waals surface area contributed by atoms with Crippen LogP contribution in [0.25, 0.3) is 0 Å². The Labute approximate surface area is 194 Å². The number of carbonyl (C=O) groups is 4. The summed E-state index contributed by atoms with van der Waals surface area (Å²) < 4.78 is 4.99. The fourth-order valence-electron chi connectivity index (χ4n) is 3.74. The summed E-state index contributed by atoms with van der Waals surface area (Å²) in [5.41, 5.74) is -0.0604. The molecule has 1 fully saturated rings. The van der Waals surface area contributed by atoms with E-state index in [0.717, 1.165) is 16.2 Å². The van der Waals surface area contributed by atoms with Crippen molar-refractivity contribution < 1.29 is 23.9 Å². The number of benzene rings is 2. The molecule has 1 aromatic heterocycles. The van der Waals surface area contributed by atoms with E-state index in [2.05, 4.69) is 10.6 Å². The molecule has 8 nitrogen and oxygen atoms in total. The fourth-order valence-corrected chi connectivity index (χ4v) is 4.53. The SMILES string of the molecule is CCOC(=O)c1ccsc1NC(=O)CN1C(=O)NC(c2ccccc2)(c2ccccc2)C1=O. The van der Waals surface area contributed by atoms with Gasteiger partial charge >= 0.3 is 12.0 Å². The molecule has 1 aliphatic heterocycles. The van der Waals surface area contributed by atoms with Gasteiger partial charge in [0, 0.05) is 0 Å². The molecule has 0 bridgehead atoms. The number of hydrogen-bond donors (Lipinski definition) is 2. The highest BCUT2D eigenvalue weighted by molar-refractivity contribution is 7.14. The summed E-state index contributed by atoms with van der Waals surface area (Å²) in [6.45, 7) is 1.38. The molecule has 4 amide bonds. The number of urea groups is 1. The van der Waals surface area contributed by atoms with E-state index in [9.17, 15) is 19.2 Å². The minimum Gasteiger partial charge on any atom is -0.462 e. The lowest BCUT2D eigenvalue weighted by molar-refractivity contribution is -0.133. The zero-order valence-corrected chi connectivity index (χ0v) is 18.6. The first-order valence-corrected chi connectivity index (χ1v) is 11.1. The van der Waals surface area contributed by atoms with Crippen molar-refractivity contribution in [2.45, 2.75) is 12.5 Å². The molecule has 2 aromatic carbocycles. The molecule has 2 N–H and O–H groups in total. The minimum absolute atomic E-state index is 0.200. The van der Waals surface area contributed by atoms with E-state index < -0.39 is 35.9 Å². The van der Waals surface area contributed by atoms with Crippen molar-refractivity contribution in [3.63, 3.8) is 0 Å². The number of hydrogen-bond acceptors (Lipinski definition) is 6. The molecular formula is C24H21N3O5S. The second-order valence-electron chi connectivity index (χ2n) is 7.24. The molecule has 1 aliphatic rings. The number of ether oxygens (including phenoxy) is 1. The van der Waals surface area contributed by atoms with E-state index in [-0.39, 0.29) is 12.2 Å². The predicted molar refractivity (Wildman–Crippen MR) is 123 cm³/mol. The van der Waals surface area contributed by atoms with Crippen LogP contribution in [0.15, 0.2) is 72.1 Å². The number of esters is 1. The van der Waals surface area contributed by atoms with Crippen molar-refractivity contribution in [1.82, 2.24) is 10.2 Å². The third-order valence-electron chi connectivity index (χ3n) is 5.23. The summed E-state index contributed by atoms with van der Waals surface area (Å²) >= 11 is 1.15. The molecule has 9 heteroatoms. The van der Waals surface area contributed by atoms with Crippen LogP contribution in [0.2, 0.25) is 0 Å².